The van der Waals surface area contributed by atoms with Gasteiger partial charge in [-0.15, -0.1) is 0 Å². The number of fused-ring (bicyclic) bond motifs is 2. The second-order valence-electron chi connectivity index (χ2n) is 4.12. The van der Waals surface area contributed by atoms with Gasteiger partial charge in [0, 0.05) is 30.4 Å². The van der Waals surface area contributed by atoms with Crippen molar-refractivity contribution >= 4 is 17.7 Å². The first-order valence-corrected chi connectivity index (χ1v) is 6.25. The summed E-state index contributed by atoms with van der Waals surface area (Å²) < 4.78 is 0. The second kappa shape index (κ2) is 3.80. The zero-order valence-corrected chi connectivity index (χ0v) is 9.61. The molecule has 5 nitrogen and oxygen atoms in total. The summed E-state index contributed by atoms with van der Waals surface area (Å²) in [6.45, 7) is 1.94. The number of rotatable bonds is 1. The molecule has 0 bridgehead atoms. The van der Waals surface area contributed by atoms with E-state index in [2.05, 4.69) is 33.8 Å². The number of nitrogens with two attached hydrogens (primary N) is 1. The van der Waals surface area contributed by atoms with Crippen LogP contribution in [0.2, 0.25) is 0 Å². The molecule has 3 aliphatic heterocycles. The van der Waals surface area contributed by atoms with Crippen LogP contribution in [0.4, 0.5) is 0 Å². The fraction of sp³-hybridized carbons (Fsp3) is 0.500. The summed E-state index contributed by atoms with van der Waals surface area (Å²) in [5.41, 5.74) is 5.31. The summed E-state index contributed by atoms with van der Waals surface area (Å²) in [7, 11) is 0. The number of primary amides is 1. The predicted molar refractivity (Wildman–Crippen MR) is 62.7 cm³/mol. The summed E-state index contributed by atoms with van der Waals surface area (Å²) in [4.78, 5) is 12.3. The molecular weight excluding hydrogens is 224 g/mol. The summed E-state index contributed by atoms with van der Waals surface area (Å²) >= 11 is 1.53. The molecule has 0 spiro atoms. The van der Waals surface area contributed by atoms with Crippen LogP contribution in [0, 0.1) is 0 Å². The number of hydrogen-bond acceptors (Lipinski definition) is 5. The standard InChI is InChI=1S/C10H14N4OS/c11-9(15)10-12-7-5-13-3-1-2-4-14(13)6-8(7)16-10/h2,4,6-7,10,12H,1,3,5H2,(H2,11,15). The molecule has 1 fully saturated rings. The number of nitrogens with zero attached hydrogens (tertiary/aromatic N) is 2. The molecule has 2 unspecified atom stereocenters. The monoisotopic (exact) mass is 238 g/mol. The molecule has 0 aromatic carbocycles. The third-order valence-electron chi connectivity index (χ3n) is 3.00. The lowest BCUT2D eigenvalue weighted by molar-refractivity contribution is -0.118. The van der Waals surface area contributed by atoms with Gasteiger partial charge in [-0.25, -0.2) is 5.01 Å². The minimum atomic E-state index is -0.288. The fourth-order valence-corrected chi connectivity index (χ4v) is 3.28. The number of thioether (sulfide) groups is 1. The lowest BCUT2D eigenvalue weighted by Crippen LogP contribution is -2.51. The van der Waals surface area contributed by atoms with Crippen LogP contribution in [-0.2, 0) is 4.79 Å². The Bertz CT molecular complexity index is 381. The molecule has 2 atom stereocenters. The minimum Gasteiger partial charge on any atom is -0.368 e. The van der Waals surface area contributed by atoms with Crippen LogP contribution in [0.25, 0.3) is 0 Å². The van der Waals surface area contributed by atoms with Crippen molar-refractivity contribution in [3.05, 3.63) is 23.4 Å². The number of hydrazine groups is 1. The zero-order valence-electron chi connectivity index (χ0n) is 8.80. The van der Waals surface area contributed by atoms with Crippen LogP contribution in [0.5, 0.6) is 0 Å². The molecule has 0 aromatic heterocycles. The molecule has 1 amide bonds. The van der Waals surface area contributed by atoms with Crippen molar-refractivity contribution < 1.29 is 4.79 Å². The molecule has 0 radical (unpaired) electrons. The van der Waals surface area contributed by atoms with Gasteiger partial charge in [-0.2, -0.15) is 0 Å². The minimum absolute atomic E-state index is 0.255. The van der Waals surface area contributed by atoms with Gasteiger partial charge in [0.05, 0.1) is 6.04 Å². The third-order valence-corrected chi connectivity index (χ3v) is 4.27. The molecule has 6 heteroatoms. The summed E-state index contributed by atoms with van der Waals surface area (Å²) in [6, 6.07) is 0.255. The molecule has 0 saturated carbocycles. The quantitative estimate of drug-likeness (QED) is 0.662. The SMILES string of the molecule is NC(=O)C1NC2CN3CCC=CN3C=C2S1. The number of hydrogen-bond donors (Lipinski definition) is 2. The average Bonchev–Trinajstić information content (AvgIpc) is 2.68. The van der Waals surface area contributed by atoms with E-state index >= 15 is 0 Å². The Balaban J connectivity index is 1.82. The third kappa shape index (κ3) is 1.63. The lowest BCUT2D eigenvalue weighted by Gasteiger charge is -2.39. The highest BCUT2D eigenvalue weighted by molar-refractivity contribution is 8.04. The lowest BCUT2D eigenvalue weighted by atomic mass is 10.2. The maximum Gasteiger partial charge on any atom is 0.245 e. The summed E-state index contributed by atoms with van der Waals surface area (Å²) in [6.07, 6.45) is 7.40. The van der Waals surface area contributed by atoms with E-state index in [4.69, 9.17) is 5.73 Å². The Labute approximate surface area is 98.3 Å². The Hall–Kier alpha value is -0.980. The molecule has 3 heterocycles. The van der Waals surface area contributed by atoms with Crippen LogP contribution in [0.15, 0.2) is 23.4 Å². The van der Waals surface area contributed by atoms with Crippen molar-refractivity contribution in [2.75, 3.05) is 13.1 Å². The molecule has 0 aromatic rings. The van der Waals surface area contributed by atoms with E-state index in [0.29, 0.717) is 0 Å². The van der Waals surface area contributed by atoms with Gasteiger partial charge in [0.2, 0.25) is 5.91 Å². The van der Waals surface area contributed by atoms with Crippen LogP contribution in [0.3, 0.4) is 0 Å². The van der Waals surface area contributed by atoms with Gasteiger partial charge in [-0.05, 0) is 6.42 Å². The van der Waals surface area contributed by atoms with Crippen LogP contribution in [-0.4, -0.2) is 40.4 Å². The number of carbonyl (C=O) groups is 1. The van der Waals surface area contributed by atoms with E-state index in [0.717, 1.165) is 19.5 Å². The van der Waals surface area contributed by atoms with Crippen molar-refractivity contribution in [3.63, 3.8) is 0 Å². The van der Waals surface area contributed by atoms with Crippen LogP contribution < -0.4 is 11.1 Å². The van der Waals surface area contributed by atoms with Crippen LogP contribution >= 0.6 is 11.8 Å². The number of nitrogens with one attached hydrogen (secondary N) is 1. The first kappa shape index (κ1) is 10.2. The largest absolute Gasteiger partial charge is 0.368 e. The average molecular weight is 238 g/mol. The van der Waals surface area contributed by atoms with E-state index in [9.17, 15) is 4.79 Å². The molecule has 0 aliphatic carbocycles. The van der Waals surface area contributed by atoms with Crippen molar-refractivity contribution in [1.82, 2.24) is 15.3 Å². The molecule has 3 N–H and O–H groups in total. The Kier molecular flexibility index (Phi) is 2.42. The van der Waals surface area contributed by atoms with Gasteiger partial charge in [0.1, 0.15) is 5.37 Å². The van der Waals surface area contributed by atoms with E-state index < -0.39 is 0 Å². The highest BCUT2D eigenvalue weighted by Crippen LogP contribution is 2.35. The normalized spacial score (nSPS) is 33.2. The molecular formula is C10H14N4OS. The second-order valence-corrected chi connectivity index (χ2v) is 5.30. The maximum atomic E-state index is 11.1. The Morgan fingerprint density at radius 3 is 3.31 bits per heavy atom. The van der Waals surface area contributed by atoms with Crippen molar-refractivity contribution in [2.45, 2.75) is 17.8 Å². The van der Waals surface area contributed by atoms with Gasteiger partial charge in [0.25, 0.3) is 0 Å². The van der Waals surface area contributed by atoms with E-state index in [-0.39, 0.29) is 17.3 Å². The van der Waals surface area contributed by atoms with E-state index in [1.165, 1.54) is 16.7 Å². The Morgan fingerprint density at radius 1 is 1.62 bits per heavy atom. The summed E-state index contributed by atoms with van der Waals surface area (Å²) in [5.74, 6) is -0.288. The summed E-state index contributed by atoms with van der Waals surface area (Å²) in [5, 5.41) is 7.35. The zero-order chi connectivity index (χ0) is 11.1. The predicted octanol–water partition coefficient (Wildman–Crippen LogP) is -0.206. The van der Waals surface area contributed by atoms with Gasteiger partial charge in [-0.1, -0.05) is 17.8 Å². The molecule has 1 saturated heterocycles. The highest BCUT2D eigenvalue weighted by atomic mass is 32.2. The topological polar surface area (TPSA) is 61.6 Å². The van der Waals surface area contributed by atoms with Crippen molar-refractivity contribution in [1.29, 1.82) is 0 Å². The van der Waals surface area contributed by atoms with Crippen LogP contribution in [0.1, 0.15) is 6.42 Å². The first-order valence-electron chi connectivity index (χ1n) is 5.37. The van der Waals surface area contributed by atoms with Crippen molar-refractivity contribution in [2.24, 2.45) is 5.73 Å². The highest BCUT2D eigenvalue weighted by Gasteiger charge is 2.37. The van der Waals surface area contributed by atoms with Gasteiger partial charge < -0.3 is 5.73 Å². The molecule has 86 valence electrons. The number of carbonyl (C=O) groups excluding carboxylic acids is 1. The van der Waals surface area contributed by atoms with Gasteiger partial charge >= 0.3 is 0 Å². The number of amides is 1. The molecule has 16 heavy (non-hydrogen) atoms. The van der Waals surface area contributed by atoms with Gasteiger partial charge in [-0.3, -0.25) is 15.1 Å². The molecule has 3 aliphatic rings. The first-order chi connectivity index (χ1) is 7.74. The van der Waals surface area contributed by atoms with Gasteiger partial charge in [0.15, 0.2) is 0 Å². The molecule has 3 rings (SSSR count). The van der Waals surface area contributed by atoms with Crippen molar-refractivity contribution in [3.8, 4) is 0 Å². The maximum absolute atomic E-state index is 11.1. The fourth-order valence-electron chi connectivity index (χ4n) is 2.19. The van der Waals surface area contributed by atoms with E-state index in [1.807, 2.05) is 0 Å². The Morgan fingerprint density at radius 2 is 2.50 bits per heavy atom. The van der Waals surface area contributed by atoms with E-state index in [1.54, 1.807) is 0 Å². The smallest absolute Gasteiger partial charge is 0.245 e.